The number of thioether (sulfide) groups is 1. The molecular weight excluding hydrogens is 308 g/mol. The first-order valence-electron chi connectivity index (χ1n) is 7.22. The number of hydrogen-bond donors (Lipinski definition) is 1. The first kappa shape index (κ1) is 15.3. The molecule has 0 aliphatic heterocycles. The highest BCUT2D eigenvalue weighted by Crippen LogP contribution is 2.24. The third-order valence-corrected chi connectivity index (χ3v) is 4.30. The number of nitrogens with one attached hydrogen (secondary N) is 1. The Morgan fingerprint density at radius 3 is 2.43 bits per heavy atom. The average Bonchev–Trinajstić information content (AvgIpc) is 3.04. The highest BCUT2D eigenvalue weighted by molar-refractivity contribution is 8.00. The van der Waals surface area contributed by atoms with E-state index in [1.165, 1.54) is 11.8 Å². The molecule has 0 aliphatic rings. The molecule has 0 radical (unpaired) electrons. The van der Waals surface area contributed by atoms with Gasteiger partial charge in [0.2, 0.25) is 5.91 Å². The van der Waals surface area contributed by atoms with Gasteiger partial charge < -0.3 is 5.32 Å². The highest BCUT2D eigenvalue weighted by atomic mass is 32.2. The lowest BCUT2D eigenvalue weighted by atomic mass is 10.3. The van der Waals surface area contributed by atoms with E-state index in [2.05, 4.69) is 15.5 Å². The molecule has 0 aliphatic carbocycles. The maximum absolute atomic E-state index is 12.3. The maximum atomic E-state index is 12.3. The second-order valence-electron chi connectivity index (χ2n) is 4.93. The Bertz CT molecular complexity index is 774. The molecule has 0 saturated heterocycles. The minimum Gasteiger partial charge on any atom is -0.325 e. The van der Waals surface area contributed by atoms with Crippen LogP contribution < -0.4 is 5.32 Å². The van der Waals surface area contributed by atoms with Crippen molar-refractivity contribution in [2.24, 2.45) is 0 Å². The van der Waals surface area contributed by atoms with Crippen LogP contribution in [0.4, 0.5) is 5.69 Å². The van der Waals surface area contributed by atoms with Crippen molar-refractivity contribution in [3.63, 3.8) is 0 Å². The standard InChI is InChI=1S/C17H16N4OS/c1-13(16(22)19-14-8-4-2-5-9-14)23-17-20-18-12-21(17)15-10-6-3-7-11-15/h2-13H,1H3,(H,19,22)/t13-/m1/s1. The molecule has 1 aromatic heterocycles. The number of benzene rings is 2. The highest BCUT2D eigenvalue weighted by Gasteiger charge is 2.18. The Morgan fingerprint density at radius 2 is 1.74 bits per heavy atom. The lowest BCUT2D eigenvalue weighted by molar-refractivity contribution is -0.115. The SMILES string of the molecule is C[C@@H](Sc1nncn1-c1ccccc1)C(=O)Nc1ccccc1. The van der Waals surface area contributed by atoms with Gasteiger partial charge in [-0.15, -0.1) is 10.2 Å². The van der Waals surface area contributed by atoms with Crippen molar-refractivity contribution in [2.75, 3.05) is 5.32 Å². The van der Waals surface area contributed by atoms with Crippen molar-refractivity contribution in [3.05, 3.63) is 67.0 Å². The monoisotopic (exact) mass is 324 g/mol. The van der Waals surface area contributed by atoms with Crippen molar-refractivity contribution in [3.8, 4) is 5.69 Å². The predicted octanol–water partition coefficient (Wildman–Crippen LogP) is 3.39. The zero-order valence-electron chi connectivity index (χ0n) is 12.6. The molecule has 0 saturated carbocycles. The summed E-state index contributed by atoms with van der Waals surface area (Å²) in [5.41, 5.74) is 1.75. The molecule has 2 aromatic carbocycles. The van der Waals surface area contributed by atoms with E-state index < -0.39 is 0 Å². The number of para-hydroxylation sites is 2. The van der Waals surface area contributed by atoms with Crippen LogP contribution >= 0.6 is 11.8 Å². The van der Waals surface area contributed by atoms with Crippen molar-refractivity contribution in [1.82, 2.24) is 14.8 Å². The zero-order chi connectivity index (χ0) is 16.1. The van der Waals surface area contributed by atoms with Crippen molar-refractivity contribution in [2.45, 2.75) is 17.3 Å². The van der Waals surface area contributed by atoms with Gasteiger partial charge in [0.15, 0.2) is 5.16 Å². The van der Waals surface area contributed by atoms with E-state index in [0.29, 0.717) is 5.16 Å². The van der Waals surface area contributed by atoms with Crippen LogP contribution in [0.5, 0.6) is 0 Å². The van der Waals surface area contributed by atoms with Crippen LogP contribution in [0.1, 0.15) is 6.92 Å². The molecule has 3 aromatic rings. The van der Waals surface area contributed by atoms with Gasteiger partial charge in [-0.3, -0.25) is 9.36 Å². The Morgan fingerprint density at radius 1 is 1.09 bits per heavy atom. The van der Waals surface area contributed by atoms with E-state index in [-0.39, 0.29) is 11.2 Å². The van der Waals surface area contributed by atoms with Crippen molar-refractivity contribution >= 4 is 23.4 Å². The quantitative estimate of drug-likeness (QED) is 0.731. The van der Waals surface area contributed by atoms with Gasteiger partial charge in [0.1, 0.15) is 6.33 Å². The summed E-state index contributed by atoms with van der Waals surface area (Å²) in [7, 11) is 0. The first-order chi connectivity index (χ1) is 11.2. The molecule has 1 N–H and O–H groups in total. The minimum atomic E-state index is -0.290. The number of anilines is 1. The van der Waals surface area contributed by atoms with E-state index in [9.17, 15) is 4.79 Å². The fourth-order valence-electron chi connectivity index (χ4n) is 2.05. The number of carbonyl (C=O) groups excluding carboxylic acids is 1. The summed E-state index contributed by atoms with van der Waals surface area (Å²) in [6, 6.07) is 19.2. The van der Waals surface area contributed by atoms with Gasteiger partial charge in [0.25, 0.3) is 0 Å². The van der Waals surface area contributed by atoms with Gasteiger partial charge >= 0.3 is 0 Å². The molecule has 116 valence electrons. The summed E-state index contributed by atoms with van der Waals surface area (Å²) < 4.78 is 1.87. The summed E-state index contributed by atoms with van der Waals surface area (Å²) >= 11 is 1.38. The van der Waals surface area contributed by atoms with E-state index in [1.807, 2.05) is 72.2 Å². The molecule has 1 heterocycles. The molecule has 0 spiro atoms. The smallest absolute Gasteiger partial charge is 0.237 e. The van der Waals surface area contributed by atoms with E-state index in [1.54, 1.807) is 6.33 Å². The van der Waals surface area contributed by atoms with E-state index in [0.717, 1.165) is 11.4 Å². The minimum absolute atomic E-state index is 0.0659. The van der Waals surface area contributed by atoms with Gasteiger partial charge in [-0.25, -0.2) is 0 Å². The van der Waals surface area contributed by atoms with Crippen LogP contribution in [0.2, 0.25) is 0 Å². The summed E-state index contributed by atoms with van der Waals surface area (Å²) in [5.74, 6) is -0.0659. The number of nitrogens with zero attached hydrogens (tertiary/aromatic N) is 3. The molecule has 6 heteroatoms. The van der Waals surface area contributed by atoms with Gasteiger partial charge in [0, 0.05) is 11.4 Å². The Labute approximate surface area is 138 Å². The van der Waals surface area contributed by atoms with Crippen LogP contribution in [-0.2, 0) is 4.79 Å². The molecule has 23 heavy (non-hydrogen) atoms. The maximum Gasteiger partial charge on any atom is 0.237 e. The summed E-state index contributed by atoms with van der Waals surface area (Å²) in [5, 5.41) is 11.4. The summed E-state index contributed by atoms with van der Waals surface area (Å²) in [4.78, 5) is 12.3. The second-order valence-corrected chi connectivity index (χ2v) is 6.24. The van der Waals surface area contributed by atoms with Crippen molar-refractivity contribution in [1.29, 1.82) is 0 Å². The molecule has 1 amide bonds. The van der Waals surface area contributed by atoms with Gasteiger partial charge in [-0.2, -0.15) is 0 Å². The fraction of sp³-hybridized carbons (Fsp3) is 0.118. The number of rotatable bonds is 5. The molecule has 5 nitrogen and oxygen atoms in total. The van der Waals surface area contributed by atoms with Gasteiger partial charge in [0.05, 0.1) is 5.25 Å². The third-order valence-electron chi connectivity index (χ3n) is 3.24. The molecule has 0 unspecified atom stereocenters. The zero-order valence-corrected chi connectivity index (χ0v) is 13.4. The normalized spacial score (nSPS) is 11.9. The second kappa shape index (κ2) is 7.11. The number of aromatic nitrogens is 3. The average molecular weight is 324 g/mol. The lowest BCUT2D eigenvalue weighted by Crippen LogP contribution is -2.22. The topological polar surface area (TPSA) is 59.8 Å². The summed E-state index contributed by atoms with van der Waals surface area (Å²) in [6.45, 7) is 1.85. The molecule has 3 rings (SSSR count). The molecule has 1 atom stereocenters. The van der Waals surface area contributed by atoms with Crippen LogP contribution in [0, 0.1) is 0 Å². The number of hydrogen-bond acceptors (Lipinski definition) is 4. The van der Waals surface area contributed by atoms with E-state index in [4.69, 9.17) is 0 Å². The Hall–Kier alpha value is -2.60. The summed E-state index contributed by atoms with van der Waals surface area (Å²) in [6.07, 6.45) is 1.65. The first-order valence-corrected chi connectivity index (χ1v) is 8.10. The molecular formula is C17H16N4OS. The Kier molecular flexibility index (Phi) is 4.73. The number of amides is 1. The Balaban J connectivity index is 1.70. The van der Waals surface area contributed by atoms with Crippen molar-refractivity contribution < 1.29 is 4.79 Å². The van der Waals surface area contributed by atoms with Crippen LogP contribution in [-0.4, -0.2) is 25.9 Å². The van der Waals surface area contributed by atoms with E-state index >= 15 is 0 Å². The van der Waals surface area contributed by atoms with Crippen LogP contribution in [0.15, 0.2) is 72.1 Å². The number of carbonyl (C=O) groups is 1. The largest absolute Gasteiger partial charge is 0.325 e. The molecule has 0 fully saturated rings. The van der Waals surface area contributed by atoms with Gasteiger partial charge in [-0.1, -0.05) is 48.2 Å². The van der Waals surface area contributed by atoms with Crippen LogP contribution in [0.3, 0.4) is 0 Å². The van der Waals surface area contributed by atoms with Gasteiger partial charge in [-0.05, 0) is 31.2 Å². The predicted molar refractivity (Wildman–Crippen MR) is 91.7 cm³/mol. The molecule has 0 bridgehead atoms. The fourth-order valence-corrected chi connectivity index (χ4v) is 2.89. The third kappa shape index (κ3) is 3.78. The van der Waals surface area contributed by atoms with Crippen LogP contribution in [0.25, 0.3) is 5.69 Å². The lowest BCUT2D eigenvalue weighted by Gasteiger charge is -2.12.